The zero-order valence-corrected chi connectivity index (χ0v) is 5.47. The van der Waals surface area contributed by atoms with Gasteiger partial charge < -0.3 is 0 Å². The van der Waals surface area contributed by atoms with Crippen molar-refractivity contribution in [2.75, 3.05) is 0 Å². The minimum atomic E-state index is 0.165. The van der Waals surface area contributed by atoms with Crippen LogP contribution in [0, 0.1) is 11.3 Å². The fourth-order valence-electron chi connectivity index (χ4n) is 0.785. The fraction of sp³-hybridized carbons (Fsp3) is 0. The van der Waals surface area contributed by atoms with Crippen molar-refractivity contribution in [1.29, 1.82) is 5.26 Å². The summed E-state index contributed by atoms with van der Waals surface area (Å²) in [5.41, 5.74) is 0.636. The Morgan fingerprint density at radius 3 is 3.27 bits per heavy atom. The number of nitrogens with zero attached hydrogens (tertiary/aromatic N) is 5. The summed E-state index contributed by atoms with van der Waals surface area (Å²) in [5.74, 6) is 0.165. The third-order valence-electron chi connectivity index (χ3n) is 1.26. The molecule has 0 spiro atoms. The molecule has 0 unspecified atom stereocenters. The molecule has 0 aliphatic heterocycles. The van der Waals surface area contributed by atoms with Gasteiger partial charge in [-0.05, 0) is 0 Å². The molecule has 0 radical (unpaired) electrons. The lowest BCUT2D eigenvalue weighted by molar-refractivity contribution is 0.882. The summed E-state index contributed by atoms with van der Waals surface area (Å²) in [6.45, 7) is 0. The summed E-state index contributed by atoms with van der Waals surface area (Å²) < 4.78 is 1.50. The minimum Gasteiger partial charge on any atom is -0.207 e. The largest absolute Gasteiger partial charge is 0.235 e. The highest BCUT2D eigenvalue weighted by atomic mass is 15.3. The third kappa shape index (κ3) is 0.809. The van der Waals surface area contributed by atoms with E-state index in [0.29, 0.717) is 5.65 Å². The van der Waals surface area contributed by atoms with Gasteiger partial charge >= 0.3 is 0 Å². The first-order valence-electron chi connectivity index (χ1n) is 2.96. The molecule has 52 valence electrons. The van der Waals surface area contributed by atoms with Gasteiger partial charge in [0.05, 0.1) is 6.20 Å². The van der Waals surface area contributed by atoms with Crippen molar-refractivity contribution in [3.8, 4) is 6.07 Å². The molecular formula is C6H3N5. The van der Waals surface area contributed by atoms with Crippen molar-refractivity contribution >= 4 is 5.65 Å². The van der Waals surface area contributed by atoms with Gasteiger partial charge in [-0.1, -0.05) is 0 Å². The van der Waals surface area contributed by atoms with E-state index in [9.17, 15) is 0 Å². The second kappa shape index (κ2) is 2.02. The molecule has 5 nitrogen and oxygen atoms in total. The molecule has 0 atom stereocenters. The zero-order valence-electron chi connectivity index (χ0n) is 5.47. The van der Waals surface area contributed by atoms with Crippen LogP contribution in [0.2, 0.25) is 0 Å². The number of hydrogen-bond donors (Lipinski definition) is 0. The number of nitriles is 1. The molecule has 0 amide bonds. The molecule has 0 saturated heterocycles. The summed E-state index contributed by atoms with van der Waals surface area (Å²) in [6.07, 6.45) is 3.06. The van der Waals surface area contributed by atoms with Gasteiger partial charge in [0.1, 0.15) is 12.4 Å². The predicted molar refractivity (Wildman–Crippen MR) is 35.5 cm³/mol. The first-order chi connectivity index (χ1) is 5.40. The Morgan fingerprint density at radius 2 is 2.45 bits per heavy atom. The van der Waals surface area contributed by atoms with E-state index in [-0.39, 0.29) is 5.82 Å². The predicted octanol–water partition coefficient (Wildman–Crippen LogP) is -0.00402. The van der Waals surface area contributed by atoms with E-state index >= 15 is 0 Å². The molecule has 2 rings (SSSR count). The zero-order chi connectivity index (χ0) is 7.68. The number of rotatable bonds is 0. The van der Waals surface area contributed by atoms with E-state index in [4.69, 9.17) is 5.26 Å². The first kappa shape index (κ1) is 5.80. The van der Waals surface area contributed by atoms with E-state index in [2.05, 4.69) is 15.1 Å². The molecule has 2 aromatic heterocycles. The Bertz CT molecular complexity index is 424. The molecule has 0 aromatic carbocycles. The van der Waals surface area contributed by atoms with Crippen LogP contribution in [0.5, 0.6) is 0 Å². The van der Waals surface area contributed by atoms with Gasteiger partial charge in [-0.2, -0.15) is 15.3 Å². The van der Waals surface area contributed by atoms with Crippen molar-refractivity contribution in [2.24, 2.45) is 0 Å². The maximum atomic E-state index is 8.43. The van der Waals surface area contributed by atoms with Crippen molar-refractivity contribution in [2.45, 2.75) is 0 Å². The van der Waals surface area contributed by atoms with Gasteiger partial charge in [-0.15, -0.1) is 0 Å². The monoisotopic (exact) mass is 145 g/mol. The smallest absolute Gasteiger partial charge is 0.207 e. The Balaban J connectivity index is 2.79. The number of fused-ring (bicyclic) bond motifs is 1. The lowest BCUT2D eigenvalue weighted by atomic mass is 10.6. The van der Waals surface area contributed by atoms with E-state index in [0.717, 1.165) is 0 Å². The molecule has 0 bridgehead atoms. The Labute approximate surface area is 61.9 Å². The van der Waals surface area contributed by atoms with Crippen molar-refractivity contribution < 1.29 is 0 Å². The highest BCUT2D eigenvalue weighted by molar-refractivity contribution is 5.36. The molecule has 0 fully saturated rings. The van der Waals surface area contributed by atoms with Crippen LogP contribution in [0.3, 0.4) is 0 Å². The highest BCUT2D eigenvalue weighted by Crippen LogP contribution is 1.95. The summed E-state index contributed by atoms with van der Waals surface area (Å²) in [5, 5.41) is 12.3. The van der Waals surface area contributed by atoms with Crippen LogP contribution in [0.25, 0.3) is 5.65 Å². The maximum absolute atomic E-state index is 8.43. The van der Waals surface area contributed by atoms with Crippen LogP contribution in [0.15, 0.2) is 18.6 Å². The lowest BCUT2D eigenvalue weighted by Gasteiger charge is -1.88. The van der Waals surface area contributed by atoms with Gasteiger partial charge in [0, 0.05) is 6.07 Å². The average molecular weight is 145 g/mol. The molecular weight excluding hydrogens is 142 g/mol. The fourth-order valence-corrected chi connectivity index (χ4v) is 0.785. The molecule has 11 heavy (non-hydrogen) atoms. The normalized spacial score (nSPS) is 9.73. The molecule has 0 N–H and O–H groups in total. The topological polar surface area (TPSA) is 66.9 Å². The van der Waals surface area contributed by atoms with Crippen LogP contribution >= 0.6 is 0 Å². The first-order valence-corrected chi connectivity index (χ1v) is 2.96. The minimum absolute atomic E-state index is 0.165. The molecule has 0 saturated carbocycles. The molecule has 2 aromatic rings. The molecule has 0 aliphatic carbocycles. The van der Waals surface area contributed by atoms with Crippen LogP contribution in [0.4, 0.5) is 0 Å². The van der Waals surface area contributed by atoms with Gasteiger partial charge in [-0.3, -0.25) is 0 Å². The van der Waals surface area contributed by atoms with Gasteiger partial charge in [0.2, 0.25) is 5.82 Å². The van der Waals surface area contributed by atoms with Crippen LogP contribution in [0.1, 0.15) is 5.82 Å². The molecule has 0 aliphatic rings. The third-order valence-corrected chi connectivity index (χ3v) is 1.26. The molecule has 5 heteroatoms. The van der Waals surface area contributed by atoms with Crippen molar-refractivity contribution in [1.82, 2.24) is 19.6 Å². The lowest BCUT2D eigenvalue weighted by Crippen LogP contribution is -1.95. The quantitative estimate of drug-likeness (QED) is 0.523. The van der Waals surface area contributed by atoms with E-state index in [1.165, 1.54) is 10.8 Å². The van der Waals surface area contributed by atoms with Crippen LogP contribution < -0.4 is 0 Å². The summed E-state index contributed by atoms with van der Waals surface area (Å²) in [7, 11) is 0. The maximum Gasteiger partial charge on any atom is 0.235 e. The van der Waals surface area contributed by atoms with Gasteiger partial charge in [0.15, 0.2) is 5.65 Å². The van der Waals surface area contributed by atoms with E-state index in [1.54, 1.807) is 12.3 Å². The van der Waals surface area contributed by atoms with Crippen molar-refractivity contribution in [3.05, 3.63) is 24.4 Å². The van der Waals surface area contributed by atoms with E-state index in [1.807, 2.05) is 6.07 Å². The van der Waals surface area contributed by atoms with Crippen molar-refractivity contribution in [3.63, 3.8) is 0 Å². The SMILES string of the molecule is N#Cc1ncn2nccc2n1. The van der Waals surface area contributed by atoms with Gasteiger partial charge in [0.25, 0.3) is 0 Å². The Kier molecular flexibility index (Phi) is 1.07. The van der Waals surface area contributed by atoms with Gasteiger partial charge in [-0.25, -0.2) is 9.50 Å². The number of hydrogen-bond acceptors (Lipinski definition) is 4. The highest BCUT2D eigenvalue weighted by Gasteiger charge is 1.96. The second-order valence-corrected chi connectivity index (χ2v) is 1.93. The summed E-state index contributed by atoms with van der Waals surface area (Å²) in [6, 6.07) is 3.56. The Hall–Kier alpha value is -1.96. The number of aromatic nitrogens is 4. The van der Waals surface area contributed by atoms with Crippen LogP contribution in [-0.2, 0) is 0 Å². The Morgan fingerprint density at radius 1 is 1.55 bits per heavy atom. The van der Waals surface area contributed by atoms with E-state index < -0.39 is 0 Å². The second-order valence-electron chi connectivity index (χ2n) is 1.93. The average Bonchev–Trinajstić information content (AvgIpc) is 2.50. The summed E-state index contributed by atoms with van der Waals surface area (Å²) >= 11 is 0. The van der Waals surface area contributed by atoms with Crippen LogP contribution in [-0.4, -0.2) is 19.6 Å². The standard InChI is InChI=1S/C6H3N5/c7-3-5-8-4-11-6(10-5)1-2-9-11/h1-2,4H. The summed E-state index contributed by atoms with van der Waals surface area (Å²) in [4.78, 5) is 7.61. The molecule has 2 heterocycles.